The molecule has 0 bridgehead atoms. The molecule has 0 N–H and O–H groups in total. The highest BCUT2D eigenvalue weighted by Crippen LogP contribution is 2.27. The zero-order chi connectivity index (χ0) is 20.9. The van der Waals surface area contributed by atoms with E-state index in [0.717, 1.165) is 18.4 Å². The number of hydrogen-bond donors (Lipinski definition) is 0. The van der Waals surface area contributed by atoms with Gasteiger partial charge in [0, 0.05) is 19.5 Å². The fourth-order valence-electron chi connectivity index (χ4n) is 3.57. The summed E-state index contributed by atoms with van der Waals surface area (Å²) < 4.78 is 37.4. The molecule has 30 heavy (non-hydrogen) atoms. The van der Waals surface area contributed by atoms with Crippen LogP contribution >= 0.6 is 0 Å². The van der Waals surface area contributed by atoms with E-state index in [2.05, 4.69) is 4.98 Å². The van der Waals surface area contributed by atoms with Crippen molar-refractivity contribution in [1.82, 2.24) is 9.88 Å². The average molecular weight is 412 g/mol. The molecular weight excluding hydrogens is 390 g/mol. The number of carbonyl (C=O) groups excluding carboxylic acids is 1. The first kappa shape index (κ1) is 20.1. The van der Waals surface area contributed by atoms with E-state index in [4.69, 9.17) is 9.15 Å². The third-order valence-electron chi connectivity index (χ3n) is 5.16. The number of rotatable bonds is 6. The lowest BCUT2D eigenvalue weighted by Crippen LogP contribution is -2.41. The van der Waals surface area contributed by atoms with E-state index in [0.29, 0.717) is 36.9 Å². The summed E-state index contributed by atoms with van der Waals surface area (Å²) in [5.74, 6) is 1.06. The van der Waals surface area contributed by atoms with Gasteiger partial charge in [0.05, 0.1) is 12.1 Å². The molecule has 0 spiro atoms. The largest absolute Gasteiger partial charge is 0.484 e. The minimum Gasteiger partial charge on any atom is -0.484 e. The Balaban J connectivity index is 1.33. The second-order valence-electron chi connectivity index (χ2n) is 7.39. The average Bonchev–Trinajstić information content (AvgIpc) is 3.23. The first-order chi connectivity index (χ1) is 14.6. The fraction of sp³-hybridized carbons (Fsp3) is 0.304. The summed E-state index contributed by atoms with van der Waals surface area (Å²) in [6.45, 7) is 1.08. The van der Waals surface area contributed by atoms with Crippen LogP contribution in [-0.2, 0) is 11.2 Å². The Morgan fingerprint density at radius 1 is 1.10 bits per heavy atom. The first-order valence-electron chi connectivity index (χ1n) is 9.92. The lowest BCUT2D eigenvalue weighted by atomic mass is 9.98. The number of carbonyl (C=O) groups is 1. The van der Waals surface area contributed by atoms with Crippen molar-refractivity contribution in [2.75, 3.05) is 19.7 Å². The smallest absolute Gasteiger partial charge is 0.260 e. The molecule has 0 aliphatic carbocycles. The van der Waals surface area contributed by atoms with Crippen molar-refractivity contribution in [2.24, 2.45) is 0 Å². The van der Waals surface area contributed by atoms with Crippen molar-refractivity contribution in [3.05, 3.63) is 83.6 Å². The highest BCUT2D eigenvalue weighted by Gasteiger charge is 2.28. The molecule has 0 radical (unpaired) electrons. The standard InChI is InChI=1S/C23H22F2N2O3/c24-18-5-3-16(4-6-18)12-21-13-26-23(30-21)17-2-1-11-27(14-17)22(28)15-29-20-9-7-19(25)8-10-20/h3-10,13,17H,1-2,11-12,14-15H2/t17-/m1/s1. The van der Waals surface area contributed by atoms with Crippen LogP contribution in [0.15, 0.2) is 59.1 Å². The van der Waals surface area contributed by atoms with Gasteiger partial charge in [0.2, 0.25) is 0 Å². The molecule has 156 valence electrons. The normalized spacial score (nSPS) is 16.5. The first-order valence-corrected chi connectivity index (χ1v) is 9.92. The van der Waals surface area contributed by atoms with E-state index in [1.807, 2.05) is 0 Å². The van der Waals surface area contributed by atoms with Crippen LogP contribution in [0.1, 0.15) is 36.0 Å². The highest BCUT2D eigenvalue weighted by molar-refractivity contribution is 5.78. The summed E-state index contributed by atoms with van der Waals surface area (Å²) >= 11 is 0. The molecule has 2 heterocycles. The predicted octanol–water partition coefficient (Wildman–Crippen LogP) is 4.33. The number of ether oxygens (including phenoxy) is 1. The number of oxazole rings is 1. The van der Waals surface area contributed by atoms with Crippen molar-refractivity contribution >= 4 is 5.91 Å². The third-order valence-corrected chi connectivity index (χ3v) is 5.16. The molecule has 5 nitrogen and oxygen atoms in total. The molecular formula is C23H22F2N2O3. The molecule has 4 rings (SSSR count). The number of nitrogens with zero attached hydrogens (tertiary/aromatic N) is 2. The van der Waals surface area contributed by atoms with Crippen LogP contribution in [-0.4, -0.2) is 35.5 Å². The van der Waals surface area contributed by atoms with Gasteiger partial charge in [0.15, 0.2) is 12.5 Å². The fourth-order valence-corrected chi connectivity index (χ4v) is 3.57. The molecule has 2 aromatic carbocycles. The zero-order valence-electron chi connectivity index (χ0n) is 16.4. The SMILES string of the molecule is O=C(COc1ccc(F)cc1)N1CCC[C@@H](c2ncc(Cc3ccc(F)cc3)o2)C1. The molecule has 1 aromatic heterocycles. The quantitative estimate of drug-likeness (QED) is 0.605. The lowest BCUT2D eigenvalue weighted by molar-refractivity contribution is -0.134. The number of amides is 1. The van der Waals surface area contributed by atoms with E-state index < -0.39 is 0 Å². The number of halogens is 2. The van der Waals surface area contributed by atoms with Crippen LogP contribution in [0.25, 0.3) is 0 Å². The Morgan fingerprint density at radius 2 is 1.80 bits per heavy atom. The summed E-state index contributed by atoms with van der Waals surface area (Å²) in [5.41, 5.74) is 0.942. The second-order valence-corrected chi connectivity index (χ2v) is 7.39. The number of benzene rings is 2. The minimum absolute atomic E-state index is 0.0236. The molecule has 1 aliphatic rings. The number of piperidine rings is 1. The molecule has 1 atom stereocenters. The molecule has 0 unspecified atom stereocenters. The second kappa shape index (κ2) is 9.07. The van der Waals surface area contributed by atoms with Crippen LogP contribution in [0, 0.1) is 11.6 Å². The van der Waals surface area contributed by atoms with Gasteiger partial charge >= 0.3 is 0 Å². The van der Waals surface area contributed by atoms with E-state index in [1.165, 1.54) is 36.4 Å². The third kappa shape index (κ3) is 5.03. The highest BCUT2D eigenvalue weighted by atomic mass is 19.1. The van der Waals surface area contributed by atoms with Crippen molar-refractivity contribution in [3.63, 3.8) is 0 Å². The number of aromatic nitrogens is 1. The predicted molar refractivity (Wildman–Crippen MR) is 106 cm³/mol. The van der Waals surface area contributed by atoms with Crippen LogP contribution < -0.4 is 4.74 Å². The summed E-state index contributed by atoms with van der Waals surface area (Å²) in [6, 6.07) is 11.9. The van der Waals surface area contributed by atoms with Crippen LogP contribution in [0.5, 0.6) is 5.75 Å². The van der Waals surface area contributed by atoms with Crippen LogP contribution in [0.4, 0.5) is 8.78 Å². The van der Waals surface area contributed by atoms with Gasteiger partial charge in [-0.2, -0.15) is 0 Å². The summed E-state index contributed by atoms with van der Waals surface area (Å²) in [6.07, 6.45) is 3.97. The van der Waals surface area contributed by atoms with E-state index >= 15 is 0 Å². The molecule has 1 amide bonds. The lowest BCUT2D eigenvalue weighted by Gasteiger charge is -2.31. The van der Waals surface area contributed by atoms with Crippen molar-refractivity contribution in [1.29, 1.82) is 0 Å². The molecule has 3 aromatic rings. The van der Waals surface area contributed by atoms with Crippen LogP contribution in [0.2, 0.25) is 0 Å². The molecule has 7 heteroatoms. The Bertz CT molecular complexity index is 986. The van der Waals surface area contributed by atoms with Crippen LogP contribution in [0.3, 0.4) is 0 Å². The Labute approximate surface area is 173 Å². The minimum atomic E-state index is -0.350. The van der Waals surface area contributed by atoms with Gasteiger partial charge in [-0.25, -0.2) is 13.8 Å². The Morgan fingerprint density at radius 3 is 2.53 bits per heavy atom. The van der Waals surface area contributed by atoms with E-state index in [9.17, 15) is 13.6 Å². The van der Waals surface area contributed by atoms with Gasteiger partial charge in [-0.3, -0.25) is 4.79 Å². The van der Waals surface area contributed by atoms with Gasteiger partial charge in [0.1, 0.15) is 23.1 Å². The maximum Gasteiger partial charge on any atom is 0.260 e. The van der Waals surface area contributed by atoms with Crippen molar-refractivity contribution < 1.29 is 22.7 Å². The zero-order valence-corrected chi connectivity index (χ0v) is 16.4. The summed E-state index contributed by atoms with van der Waals surface area (Å²) in [4.78, 5) is 18.7. The maximum absolute atomic E-state index is 13.0. The van der Waals surface area contributed by atoms with Gasteiger partial charge in [-0.05, 0) is 54.8 Å². The van der Waals surface area contributed by atoms with Gasteiger partial charge in [-0.1, -0.05) is 12.1 Å². The van der Waals surface area contributed by atoms with E-state index in [1.54, 1.807) is 23.2 Å². The van der Waals surface area contributed by atoms with Gasteiger partial charge in [-0.15, -0.1) is 0 Å². The van der Waals surface area contributed by atoms with Crippen molar-refractivity contribution in [3.8, 4) is 5.75 Å². The summed E-state index contributed by atoms with van der Waals surface area (Å²) in [7, 11) is 0. The van der Waals surface area contributed by atoms with Gasteiger partial charge < -0.3 is 14.1 Å². The van der Waals surface area contributed by atoms with Crippen molar-refractivity contribution in [2.45, 2.75) is 25.2 Å². The molecule has 1 saturated heterocycles. The number of hydrogen-bond acceptors (Lipinski definition) is 4. The topological polar surface area (TPSA) is 55.6 Å². The molecule has 1 aliphatic heterocycles. The summed E-state index contributed by atoms with van der Waals surface area (Å²) in [5, 5.41) is 0. The number of likely N-dealkylation sites (tertiary alicyclic amines) is 1. The van der Waals surface area contributed by atoms with Gasteiger partial charge in [0.25, 0.3) is 5.91 Å². The monoisotopic (exact) mass is 412 g/mol. The Kier molecular flexibility index (Phi) is 6.07. The van der Waals surface area contributed by atoms with E-state index in [-0.39, 0.29) is 30.1 Å². The maximum atomic E-state index is 13.0. The molecule has 1 fully saturated rings. The Hall–Kier alpha value is -3.22. The molecule has 0 saturated carbocycles.